The molecule has 0 radical (unpaired) electrons. The van der Waals surface area contributed by atoms with Crippen molar-refractivity contribution >= 4 is 29.1 Å². The van der Waals surface area contributed by atoms with Crippen molar-refractivity contribution in [1.29, 1.82) is 0 Å². The van der Waals surface area contributed by atoms with Crippen molar-refractivity contribution in [3.8, 4) is 0 Å². The van der Waals surface area contributed by atoms with E-state index < -0.39 is 11.9 Å². The van der Waals surface area contributed by atoms with Crippen molar-refractivity contribution in [2.45, 2.75) is 6.92 Å². The van der Waals surface area contributed by atoms with E-state index in [0.717, 1.165) is 0 Å². The van der Waals surface area contributed by atoms with E-state index in [4.69, 9.17) is 10.5 Å². The molecule has 2 aromatic carbocycles. The number of nitrogens with two attached hydrogens (primary N) is 1. The zero-order valence-electron chi connectivity index (χ0n) is 15.1. The molecule has 1 heterocycles. The maximum absolute atomic E-state index is 12.5. The van der Waals surface area contributed by atoms with Crippen molar-refractivity contribution in [3.05, 3.63) is 89.9 Å². The van der Waals surface area contributed by atoms with E-state index >= 15 is 0 Å². The van der Waals surface area contributed by atoms with Gasteiger partial charge in [-0.15, -0.1) is 0 Å². The summed E-state index contributed by atoms with van der Waals surface area (Å²) in [6.45, 7) is 1.58. The zero-order valence-corrected chi connectivity index (χ0v) is 15.1. The molecule has 0 aliphatic carbocycles. The van der Waals surface area contributed by atoms with Gasteiger partial charge in [0, 0.05) is 23.8 Å². The van der Waals surface area contributed by atoms with E-state index in [-0.39, 0.29) is 16.8 Å². The van der Waals surface area contributed by atoms with E-state index in [1.165, 1.54) is 0 Å². The number of aromatic nitrogens is 2. The van der Waals surface area contributed by atoms with Gasteiger partial charge in [-0.3, -0.25) is 0 Å². The van der Waals surface area contributed by atoms with Gasteiger partial charge in [0.05, 0.1) is 11.1 Å². The molecule has 0 saturated heterocycles. The number of carbonyl (C=O) groups is 2. The molecule has 0 amide bonds. The largest absolute Gasteiger partial charge is 0.402 e. The molecule has 0 unspecified atom stereocenters. The van der Waals surface area contributed by atoms with Crippen molar-refractivity contribution < 1.29 is 14.3 Å². The third-order valence-electron chi connectivity index (χ3n) is 3.77. The molecule has 0 spiro atoms. The van der Waals surface area contributed by atoms with Gasteiger partial charge < -0.3 is 15.8 Å². The van der Waals surface area contributed by atoms with Gasteiger partial charge in [0.25, 0.3) is 0 Å². The first-order chi connectivity index (χ1) is 13.5. The quantitative estimate of drug-likeness (QED) is 0.401. The van der Waals surface area contributed by atoms with Crippen LogP contribution in [-0.4, -0.2) is 21.9 Å². The molecule has 28 heavy (non-hydrogen) atoms. The maximum atomic E-state index is 12.5. The van der Waals surface area contributed by atoms with Crippen LogP contribution in [0, 0.1) is 0 Å². The minimum atomic E-state index is -0.805. The Bertz CT molecular complexity index is 1010. The summed E-state index contributed by atoms with van der Waals surface area (Å²) in [6.07, 6.45) is 3.19. The molecule has 3 N–H and O–H groups in total. The lowest BCUT2D eigenvalue weighted by Gasteiger charge is -2.10. The van der Waals surface area contributed by atoms with Crippen molar-refractivity contribution in [1.82, 2.24) is 9.97 Å². The first-order valence-corrected chi connectivity index (χ1v) is 8.47. The van der Waals surface area contributed by atoms with Crippen LogP contribution in [0.2, 0.25) is 0 Å². The number of carbonyl (C=O) groups excluding carboxylic acids is 2. The second-order valence-electron chi connectivity index (χ2n) is 5.88. The number of hydrogen-bond acceptors (Lipinski definition) is 7. The molecule has 7 heteroatoms. The van der Waals surface area contributed by atoms with Gasteiger partial charge in [0.15, 0.2) is 0 Å². The summed E-state index contributed by atoms with van der Waals surface area (Å²) < 4.78 is 5.04. The van der Waals surface area contributed by atoms with Crippen LogP contribution >= 0.6 is 0 Å². The predicted molar refractivity (Wildman–Crippen MR) is 105 cm³/mol. The molecule has 1 aromatic heterocycles. The minimum absolute atomic E-state index is 0.154. The smallest absolute Gasteiger partial charge is 0.348 e. The monoisotopic (exact) mass is 374 g/mol. The Morgan fingerprint density at radius 2 is 1.61 bits per heavy atom. The molecule has 0 atom stereocenters. The summed E-state index contributed by atoms with van der Waals surface area (Å²) in [4.78, 5) is 33.1. The normalized spacial score (nSPS) is 11.3. The average Bonchev–Trinajstić information content (AvgIpc) is 2.69. The summed E-state index contributed by atoms with van der Waals surface area (Å²) in [5.41, 5.74) is 7.63. The second-order valence-corrected chi connectivity index (χ2v) is 5.88. The third-order valence-corrected chi connectivity index (χ3v) is 3.77. The van der Waals surface area contributed by atoms with Gasteiger partial charge in [0.1, 0.15) is 0 Å². The number of benzene rings is 2. The highest BCUT2D eigenvalue weighted by molar-refractivity contribution is 6.21. The van der Waals surface area contributed by atoms with Crippen LogP contribution in [0.25, 0.3) is 5.57 Å². The van der Waals surface area contributed by atoms with Crippen LogP contribution in [0.5, 0.6) is 0 Å². The van der Waals surface area contributed by atoms with Gasteiger partial charge in [-0.2, -0.15) is 0 Å². The molecular formula is C21H18N4O3. The van der Waals surface area contributed by atoms with Gasteiger partial charge >= 0.3 is 11.9 Å². The molecule has 140 valence electrons. The summed E-state index contributed by atoms with van der Waals surface area (Å²) in [7, 11) is 0. The number of anilines is 2. The molecule has 0 aliphatic rings. The molecule has 0 fully saturated rings. The van der Waals surface area contributed by atoms with Crippen LogP contribution in [-0.2, 0) is 9.53 Å². The lowest BCUT2D eigenvalue weighted by atomic mass is 10.0. The number of rotatable bonds is 5. The second kappa shape index (κ2) is 8.59. The van der Waals surface area contributed by atoms with Crippen LogP contribution in [0.4, 0.5) is 11.6 Å². The summed E-state index contributed by atoms with van der Waals surface area (Å²) in [5.74, 6) is -1.20. The highest BCUT2D eigenvalue weighted by Crippen LogP contribution is 2.20. The molecule has 3 aromatic rings. The fourth-order valence-corrected chi connectivity index (χ4v) is 2.52. The highest BCUT2D eigenvalue weighted by Gasteiger charge is 2.20. The summed E-state index contributed by atoms with van der Waals surface area (Å²) in [5, 5.41) is 2.98. The lowest BCUT2D eigenvalue weighted by molar-refractivity contribution is -0.131. The Morgan fingerprint density at radius 3 is 2.29 bits per heavy atom. The fourth-order valence-electron chi connectivity index (χ4n) is 2.52. The molecule has 0 aliphatic heterocycles. The first-order valence-electron chi connectivity index (χ1n) is 8.47. The minimum Gasteiger partial charge on any atom is -0.402 e. The van der Waals surface area contributed by atoms with Crippen LogP contribution < -0.4 is 11.1 Å². The number of ether oxygens (including phenoxy) is 1. The lowest BCUT2D eigenvalue weighted by Crippen LogP contribution is -2.17. The van der Waals surface area contributed by atoms with Crippen molar-refractivity contribution in [2.75, 3.05) is 5.32 Å². The van der Waals surface area contributed by atoms with Crippen molar-refractivity contribution in [3.63, 3.8) is 0 Å². The number of nitrogens with one attached hydrogen (secondary N) is 1. The number of esters is 2. The number of hydrogen-bond donors (Lipinski definition) is 2. The molecule has 3 rings (SSSR count). The molecular weight excluding hydrogens is 356 g/mol. The Hall–Kier alpha value is -4.00. The summed E-state index contributed by atoms with van der Waals surface area (Å²) in [6, 6.07) is 17.0. The van der Waals surface area contributed by atoms with Gasteiger partial charge in [-0.1, -0.05) is 36.4 Å². The van der Waals surface area contributed by atoms with Crippen LogP contribution in [0.1, 0.15) is 22.8 Å². The first kappa shape index (κ1) is 18.8. The number of nitrogens with zero attached hydrogens (tertiary/aromatic N) is 2. The predicted octanol–water partition coefficient (Wildman–Crippen LogP) is 3.29. The van der Waals surface area contributed by atoms with Crippen LogP contribution in [0.15, 0.2) is 78.8 Å². The Kier molecular flexibility index (Phi) is 5.76. The fraction of sp³-hybridized carbons (Fsp3) is 0.0476. The number of allylic oxidation sites excluding steroid dienone is 1. The van der Waals surface area contributed by atoms with Crippen LogP contribution in [0.3, 0.4) is 0 Å². The molecule has 0 bridgehead atoms. The summed E-state index contributed by atoms with van der Waals surface area (Å²) >= 11 is 0. The van der Waals surface area contributed by atoms with E-state index in [0.29, 0.717) is 17.2 Å². The SMILES string of the molecule is CC(N)=C(C(=O)OC(=O)c1cccc(Nc2ncccn2)c1)c1ccccc1. The van der Waals surface area contributed by atoms with Gasteiger partial charge in [-0.25, -0.2) is 19.6 Å². The van der Waals surface area contributed by atoms with Gasteiger partial charge in [0.2, 0.25) is 5.95 Å². The van der Waals surface area contributed by atoms with E-state index in [1.54, 1.807) is 73.9 Å². The zero-order chi connectivity index (χ0) is 19.9. The third kappa shape index (κ3) is 4.59. The van der Waals surface area contributed by atoms with E-state index in [1.807, 2.05) is 6.07 Å². The topological polar surface area (TPSA) is 107 Å². The van der Waals surface area contributed by atoms with Gasteiger partial charge in [-0.05, 0) is 36.8 Å². The molecule has 0 saturated carbocycles. The van der Waals surface area contributed by atoms with Crippen molar-refractivity contribution in [2.24, 2.45) is 5.73 Å². The average molecular weight is 374 g/mol. The Morgan fingerprint density at radius 1 is 0.929 bits per heavy atom. The molecule has 7 nitrogen and oxygen atoms in total. The standard InChI is InChI=1S/C21H18N4O3/c1-14(22)18(15-7-3-2-4-8-15)20(27)28-19(26)16-9-5-10-17(13-16)25-21-23-11-6-12-24-21/h2-13H,22H2,1H3,(H,23,24,25). The van der Waals surface area contributed by atoms with E-state index in [2.05, 4.69) is 15.3 Å². The van der Waals surface area contributed by atoms with E-state index in [9.17, 15) is 9.59 Å². The Labute approximate surface area is 161 Å². The maximum Gasteiger partial charge on any atom is 0.348 e. The highest BCUT2D eigenvalue weighted by atomic mass is 16.6. The Balaban J connectivity index is 1.76.